The van der Waals surface area contributed by atoms with Crippen molar-refractivity contribution < 1.29 is 9.15 Å². The molecule has 1 heterocycles. The van der Waals surface area contributed by atoms with Crippen LogP contribution < -0.4 is 10.4 Å². The van der Waals surface area contributed by atoms with Gasteiger partial charge in [0.2, 0.25) is 0 Å². The first kappa shape index (κ1) is 12.8. The van der Waals surface area contributed by atoms with Gasteiger partial charge in [-0.15, -0.1) is 0 Å². The van der Waals surface area contributed by atoms with E-state index in [4.69, 9.17) is 20.8 Å². The van der Waals surface area contributed by atoms with Crippen LogP contribution in [0.4, 0.5) is 0 Å². The van der Waals surface area contributed by atoms with Gasteiger partial charge in [-0.3, -0.25) is 0 Å². The van der Waals surface area contributed by atoms with Crippen molar-refractivity contribution in [3.63, 3.8) is 0 Å². The standard InChI is InChI=1S/C16H11ClO3/c1-19-13-4-2-3-10(8-13)14-9-11-7-12(17)5-6-15(11)20-16(14)18/h2-9H,1H3. The second kappa shape index (κ2) is 5.02. The first-order chi connectivity index (χ1) is 9.67. The summed E-state index contributed by atoms with van der Waals surface area (Å²) in [5.74, 6) is 0.688. The number of methoxy groups -OCH3 is 1. The maximum atomic E-state index is 12.1. The number of fused-ring (bicyclic) bond motifs is 1. The zero-order valence-electron chi connectivity index (χ0n) is 10.7. The first-order valence-electron chi connectivity index (χ1n) is 6.05. The van der Waals surface area contributed by atoms with E-state index < -0.39 is 0 Å². The third-order valence-electron chi connectivity index (χ3n) is 3.07. The molecule has 4 heteroatoms. The second-order valence-electron chi connectivity index (χ2n) is 4.36. The summed E-state index contributed by atoms with van der Waals surface area (Å²) in [5.41, 5.74) is 1.37. The number of rotatable bonds is 2. The zero-order chi connectivity index (χ0) is 14.1. The normalized spacial score (nSPS) is 10.7. The van der Waals surface area contributed by atoms with Gasteiger partial charge in [0.15, 0.2) is 0 Å². The fraction of sp³-hybridized carbons (Fsp3) is 0.0625. The van der Waals surface area contributed by atoms with Gasteiger partial charge in [-0.05, 0) is 42.0 Å². The molecule has 0 bridgehead atoms. The smallest absolute Gasteiger partial charge is 0.344 e. The number of ether oxygens (including phenoxy) is 1. The molecule has 0 saturated heterocycles. The van der Waals surface area contributed by atoms with E-state index in [1.54, 1.807) is 37.4 Å². The topological polar surface area (TPSA) is 39.4 Å². The van der Waals surface area contributed by atoms with Gasteiger partial charge in [0.25, 0.3) is 0 Å². The Kier molecular flexibility index (Phi) is 3.20. The molecule has 0 atom stereocenters. The molecule has 0 fully saturated rings. The molecule has 0 aliphatic carbocycles. The molecule has 0 aliphatic rings. The van der Waals surface area contributed by atoms with Crippen LogP contribution in [0.25, 0.3) is 22.1 Å². The fourth-order valence-corrected chi connectivity index (χ4v) is 2.27. The van der Waals surface area contributed by atoms with E-state index in [-0.39, 0.29) is 5.63 Å². The van der Waals surface area contributed by atoms with Crippen molar-refractivity contribution in [1.82, 2.24) is 0 Å². The van der Waals surface area contributed by atoms with Gasteiger partial charge in [-0.25, -0.2) is 4.79 Å². The molecule has 1 aromatic heterocycles. The Bertz CT molecular complexity index is 836. The third-order valence-corrected chi connectivity index (χ3v) is 3.31. The Morgan fingerprint density at radius 1 is 1.10 bits per heavy atom. The quantitative estimate of drug-likeness (QED) is 0.665. The molecule has 3 nitrogen and oxygen atoms in total. The summed E-state index contributed by atoms with van der Waals surface area (Å²) in [7, 11) is 1.59. The monoisotopic (exact) mass is 286 g/mol. The highest BCUT2D eigenvalue weighted by molar-refractivity contribution is 6.31. The minimum Gasteiger partial charge on any atom is -0.497 e. The molecule has 0 amide bonds. The summed E-state index contributed by atoms with van der Waals surface area (Å²) in [4.78, 5) is 12.1. The van der Waals surface area contributed by atoms with Crippen molar-refractivity contribution in [2.75, 3.05) is 7.11 Å². The van der Waals surface area contributed by atoms with Gasteiger partial charge in [-0.2, -0.15) is 0 Å². The van der Waals surface area contributed by atoms with Crippen molar-refractivity contribution in [3.05, 3.63) is 64.0 Å². The number of hydrogen-bond acceptors (Lipinski definition) is 3. The summed E-state index contributed by atoms with van der Waals surface area (Å²) in [6.45, 7) is 0. The average molecular weight is 287 g/mol. The minimum absolute atomic E-state index is 0.381. The molecular weight excluding hydrogens is 276 g/mol. The highest BCUT2D eigenvalue weighted by Crippen LogP contribution is 2.25. The second-order valence-corrected chi connectivity index (χ2v) is 4.80. The zero-order valence-corrected chi connectivity index (χ0v) is 11.5. The number of benzene rings is 2. The average Bonchev–Trinajstić information content (AvgIpc) is 2.47. The summed E-state index contributed by atoms with van der Waals surface area (Å²) in [6, 6.07) is 14.2. The molecule has 0 unspecified atom stereocenters. The van der Waals surface area contributed by atoms with Gasteiger partial charge in [0.05, 0.1) is 12.7 Å². The molecule has 0 N–H and O–H groups in total. The van der Waals surface area contributed by atoms with E-state index in [9.17, 15) is 4.79 Å². The lowest BCUT2D eigenvalue weighted by Crippen LogP contribution is -2.02. The highest BCUT2D eigenvalue weighted by atomic mass is 35.5. The Morgan fingerprint density at radius 2 is 1.95 bits per heavy atom. The van der Waals surface area contributed by atoms with Crippen molar-refractivity contribution in [3.8, 4) is 16.9 Å². The number of hydrogen-bond donors (Lipinski definition) is 0. The Balaban J connectivity index is 2.24. The van der Waals surface area contributed by atoms with Gasteiger partial charge < -0.3 is 9.15 Å². The van der Waals surface area contributed by atoms with Crippen LogP contribution in [0.15, 0.2) is 57.7 Å². The van der Waals surface area contributed by atoms with E-state index in [1.165, 1.54) is 0 Å². The Labute approximate surface area is 120 Å². The van der Waals surface area contributed by atoms with Crippen LogP contribution in [-0.2, 0) is 0 Å². The van der Waals surface area contributed by atoms with Crippen LogP contribution in [0.1, 0.15) is 0 Å². The molecule has 100 valence electrons. The summed E-state index contributed by atoms with van der Waals surface area (Å²) in [6.07, 6.45) is 0. The van der Waals surface area contributed by atoms with Crippen LogP contribution in [0, 0.1) is 0 Å². The molecule has 3 rings (SSSR count). The SMILES string of the molecule is COc1cccc(-c2cc3cc(Cl)ccc3oc2=O)c1. The van der Waals surface area contributed by atoms with Gasteiger partial charge in [-0.1, -0.05) is 23.7 Å². The molecule has 20 heavy (non-hydrogen) atoms. The third kappa shape index (κ3) is 2.28. The van der Waals surface area contributed by atoms with Gasteiger partial charge in [0, 0.05) is 10.4 Å². The molecule has 0 aliphatic heterocycles. The van der Waals surface area contributed by atoms with Crippen LogP contribution in [0.2, 0.25) is 5.02 Å². The Morgan fingerprint density at radius 3 is 2.75 bits per heavy atom. The lowest BCUT2D eigenvalue weighted by atomic mass is 10.1. The molecule has 0 spiro atoms. The van der Waals surface area contributed by atoms with E-state index in [1.807, 2.05) is 18.2 Å². The van der Waals surface area contributed by atoms with Gasteiger partial charge >= 0.3 is 5.63 Å². The van der Waals surface area contributed by atoms with Crippen LogP contribution >= 0.6 is 11.6 Å². The van der Waals surface area contributed by atoms with Crippen molar-refractivity contribution >= 4 is 22.6 Å². The molecule has 0 saturated carbocycles. The highest BCUT2D eigenvalue weighted by Gasteiger charge is 2.09. The van der Waals surface area contributed by atoms with Gasteiger partial charge in [0.1, 0.15) is 11.3 Å². The van der Waals surface area contributed by atoms with Crippen LogP contribution in [-0.4, -0.2) is 7.11 Å². The fourth-order valence-electron chi connectivity index (χ4n) is 2.09. The molecule has 0 radical (unpaired) electrons. The lowest BCUT2D eigenvalue weighted by Gasteiger charge is -2.05. The molecule has 3 aromatic rings. The van der Waals surface area contributed by atoms with Crippen LogP contribution in [0.5, 0.6) is 5.75 Å². The molecular formula is C16H11ClO3. The first-order valence-corrected chi connectivity index (χ1v) is 6.43. The maximum Gasteiger partial charge on any atom is 0.344 e. The summed E-state index contributed by atoms with van der Waals surface area (Å²) < 4.78 is 10.5. The predicted molar refractivity (Wildman–Crippen MR) is 79.5 cm³/mol. The van der Waals surface area contributed by atoms with E-state index in [2.05, 4.69) is 0 Å². The largest absolute Gasteiger partial charge is 0.497 e. The minimum atomic E-state index is -0.381. The summed E-state index contributed by atoms with van der Waals surface area (Å²) in [5, 5.41) is 1.39. The van der Waals surface area contributed by atoms with Crippen molar-refractivity contribution in [2.24, 2.45) is 0 Å². The maximum absolute atomic E-state index is 12.1. The molecule has 2 aromatic carbocycles. The predicted octanol–water partition coefficient (Wildman–Crippen LogP) is 4.12. The summed E-state index contributed by atoms with van der Waals surface area (Å²) >= 11 is 5.96. The lowest BCUT2D eigenvalue weighted by molar-refractivity contribution is 0.415. The number of halogens is 1. The van der Waals surface area contributed by atoms with E-state index in [0.717, 1.165) is 10.9 Å². The van der Waals surface area contributed by atoms with Crippen molar-refractivity contribution in [2.45, 2.75) is 0 Å². The van der Waals surface area contributed by atoms with Crippen molar-refractivity contribution in [1.29, 1.82) is 0 Å². The van der Waals surface area contributed by atoms with Crippen LogP contribution in [0.3, 0.4) is 0 Å². The Hall–Kier alpha value is -2.26. The van der Waals surface area contributed by atoms with E-state index >= 15 is 0 Å². The van der Waals surface area contributed by atoms with E-state index in [0.29, 0.717) is 21.9 Å².